The van der Waals surface area contributed by atoms with Crippen molar-refractivity contribution < 1.29 is 9.69 Å². The molecule has 2 aliphatic heterocycles. The van der Waals surface area contributed by atoms with Crippen molar-refractivity contribution in [3.8, 4) is 0 Å². The Hall–Kier alpha value is -1.85. The minimum Gasteiger partial charge on any atom is -0.368 e. The topological polar surface area (TPSA) is 28.0 Å². The van der Waals surface area contributed by atoms with E-state index in [1.807, 2.05) is 11.3 Å². The summed E-state index contributed by atoms with van der Waals surface area (Å²) in [5.41, 5.74) is 4.02. The van der Waals surface area contributed by atoms with E-state index in [1.54, 1.807) is 0 Å². The quantitative estimate of drug-likeness (QED) is 0.877. The third-order valence-electron chi connectivity index (χ3n) is 6.30. The maximum Gasteiger partial charge on any atom is 0.277 e. The van der Waals surface area contributed by atoms with Crippen LogP contribution in [0.1, 0.15) is 34.9 Å². The highest BCUT2D eigenvalue weighted by Gasteiger charge is 2.34. The van der Waals surface area contributed by atoms with Crippen molar-refractivity contribution >= 4 is 22.9 Å². The lowest BCUT2D eigenvalue weighted by Crippen LogP contribution is -3.11. The molecular weight excluding hydrogens is 354 g/mol. The molecule has 2 aliphatic rings. The zero-order chi connectivity index (χ0) is 18.8. The van der Waals surface area contributed by atoms with Crippen molar-refractivity contribution in [2.24, 2.45) is 0 Å². The van der Waals surface area contributed by atoms with Gasteiger partial charge in [0.25, 0.3) is 5.91 Å². The Morgan fingerprint density at radius 1 is 1.15 bits per heavy atom. The van der Waals surface area contributed by atoms with Gasteiger partial charge < -0.3 is 14.7 Å². The molecule has 1 unspecified atom stereocenters. The lowest BCUT2D eigenvalue weighted by molar-refractivity contribution is -0.910. The van der Waals surface area contributed by atoms with E-state index in [0.717, 1.165) is 32.7 Å². The Morgan fingerprint density at radius 3 is 2.70 bits per heavy atom. The largest absolute Gasteiger partial charge is 0.368 e. The summed E-state index contributed by atoms with van der Waals surface area (Å²) in [5.74, 6) is 0.328. The zero-order valence-electron chi connectivity index (χ0n) is 16.4. The highest BCUT2D eigenvalue weighted by molar-refractivity contribution is 7.10. The van der Waals surface area contributed by atoms with Crippen LogP contribution in [0, 0.1) is 13.8 Å². The van der Waals surface area contributed by atoms with Gasteiger partial charge in [0.1, 0.15) is 6.04 Å². The fraction of sp³-hybridized carbons (Fsp3) is 0.500. The molecule has 2 fully saturated rings. The highest BCUT2D eigenvalue weighted by Crippen LogP contribution is 2.25. The maximum absolute atomic E-state index is 12.9. The van der Waals surface area contributed by atoms with Crippen molar-refractivity contribution in [1.29, 1.82) is 0 Å². The first kappa shape index (κ1) is 18.5. The Kier molecular flexibility index (Phi) is 5.50. The van der Waals surface area contributed by atoms with Crippen molar-refractivity contribution in [3.05, 3.63) is 51.7 Å². The number of hydrogen-bond acceptors (Lipinski definition) is 3. The first-order chi connectivity index (χ1) is 13.1. The van der Waals surface area contributed by atoms with Gasteiger partial charge in [-0.3, -0.25) is 4.79 Å². The van der Waals surface area contributed by atoms with Crippen LogP contribution >= 0.6 is 11.3 Å². The number of thiophene rings is 1. The van der Waals surface area contributed by atoms with E-state index in [9.17, 15) is 4.79 Å². The molecule has 0 saturated carbocycles. The van der Waals surface area contributed by atoms with Crippen molar-refractivity contribution in [3.63, 3.8) is 0 Å². The molecule has 5 heteroatoms. The number of anilines is 1. The Labute approximate surface area is 166 Å². The molecule has 1 N–H and O–H groups in total. The molecule has 2 saturated heterocycles. The third-order valence-corrected chi connectivity index (χ3v) is 7.28. The van der Waals surface area contributed by atoms with Gasteiger partial charge in [0, 0.05) is 44.7 Å². The van der Waals surface area contributed by atoms with Gasteiger partial charge in [0.2, 0.25) is 0 Å². The molecule has 144 valence electrons. The predicted octanol–water partition coefficient (Wildman–Crippen LogP) is 2.43. The van der Waals surface area contributed by atoms with Crippen LogP contribution in [0.15, 0.2) is 35.7 Å². The minimum atomic E-state index is 0.328. The summed E-state index contributed by atoms with van der Waals surface area (Å²) in [7, 11) is 0. The third kappa shape index (κ3) is 3.90. The van der Waals surface area contributed by atoms with Gasteiger partial charge in [-0.25, -0.2) is 0 Å². The number of carbonyl (C=O) groups excluding carboxylic acids is 1. The molecule has 2 aromatic rings. The molecule has 1 aromatic carbocycles. The van der Waals surface area contributed by atoms with E-state index in [1.165, 1.54) is 39.4 Å². The second-order valence-electron chi connectivity index (χ2n) is 7.88. The SMILES string of the molecule is Cc1cccc(N2CCN(C(=O)C[NH+]3CCC[C@@H]3c3cccs3)CC2)c1C. The lowest BCUT2D eigenvalue weighted by Gasteiger charge is -2.37. The van der Waals surface area contributed by atoms with Crippen LogP contribution < -0.4 is 9.80 Å². The van der Waals surface area contributed by atoms with Crippen LogP contribution in [0.4, 0.5) is 5.69 Å². The normalized spacial score (nSPS) is 23.0. The van der Waals surface area contributed by atoms with Gasteiger partial charge in [-0.15, -0.1) is 11.3 Å². The van der Waals surface area contributed by atoms with E-state index in [0.29, 0.717) is 18.5 Å². The number of hydrogen-bond donors (Lipinski definition) is 1. The molecular formula is C22H30N3OS+. The number of nitrogens with one attached hydrogen (secondary N) is 1. The highest BCUT2D eigenvalue weighted by atomic mass is 32.1. The van der Waals surface area contributed by atoms with Crippen LogP contribution in [0.2, 0.25) is 0 Å². The van der Waals surface area contributed by atoms with E-state index >= 15 is 0 Å². The Bertz CT molecular complexity index is 781. The maximum atomic E-state index is 12.9. The number of piperazine rings is 1. The van der Waals surface area contributed by atoms with Crippen molar-refractivity contribution in [1.82, 2.24) is 4.90 Å². The van der Waals surface area contributed by atoms with E-state index in [2.05, 4.69) is 59.4 Å². The molecule has 0 aliphatic carbocycles. The standard InChI is InChI=1S/C22H29N3OS/c1-17-6-3-7-19(18(17)2)23-11-13-24(14-12-23)22(26)16-25-10-4-8-20(25)21-9-5-15-27-21/h3,5-7,9,15,20H,4,8,10-14,16H2,1-2H3/p+1/t20-/m1/s1. The average Bonchev–Trinajstić information content (AvgIpc) is 3.35. The number of quaternary nitrogens is 1. The summed E-state index contributed by atoms with van der Waals surface area (Å²) in [6.45, 7) is 9.67. The van der Waals surface area contributed by atoms with Crippen LogP contribution in [-0.4, -0.2) is 50.1 Å². The summed E-state index contributed by atoms with van der Waals surface area (Å²) >= 11 is 1.83. The molecule has 0 spiro atoms. The summed E-state index contributed by atoms with van der Waals surface area (Å²) < 4.78 is 0. The van der Waals surface area contributed by atoms with Crippen molar-refractivity contribution in [2.45, 2.75) is 32.7 Å². The van der Waals surface area contributed by atoms with Crippen molar-refractivity contribution in [2.75, 3.05) is 44.2 Å². The molecule has 0 radical (unpaired) electrons. The number of nitrogens with zero attached hydrogens (tertiary/aromatic N) is 2. The summed E-state index contributed by atoms with van der Waals surface area (Å²) in [6, 6.07) is 11.4. The number of aryl methyl sites for hydroxylation is 1. The fourth-order valence-electron chi connectivity index (χ4n) is 4.54. The molecule has 2 atom stereocenters. The Balaban J connectivity index is 1.34. The van der Waals surface area contributed by atoms with Crippen LogP contribution in [0.25, 0.3) is 0 Å². The molecule has 4 nitrogen and oxygen atoms in total. The number of rotatable bonds is 4. The summed E-state index contributed by atoms with van der Waals surface area (Å²) in [6.07, 6.45) is 2.44. The predicted molar refractivity (Wildman–Crippen MR) is 112 cm³/mol. The monoisotopic (exact) mass is 384 g/mol. The smallest absolute Gasteiger partial charge is 0.277 e. The van der Waals surface area contributed by atoms with Gasteiger partial charge in [-0.1, -0.05) is 18.2 Å². The van der Waals surface area contributed by atoms with Gasteiger partial charge in [-0.2, -0.15) is 0 Å². The lowest BCUT2D eigenvalue weighted by atomic mass is 10.1. The van der Waals surface area contributed by atoms with Crippen LogP contribution in [0.5, 0.6) is 0 Å². The molecule has 27 heavy (non-hydrogen) atoms. The van der Waals surface area contributed by atoms with E-state index < -0.39 is 0 Å². The van der Waals surface area contributed by atoms with Crippen LogP contribution in [-0.2, 0) is 4.79 Å². The molecule has 4 rings (SSSR count). The number of carbonyl (C=O) groups is 1. The number of likely N-dealkylation sites (tertiary alicyclic amines) is 1. The number of benzene rings is 1. The molecule has 1 amide bonds. The summed E-state index contributed by atoms with van der Waals surface area (Å²) in [5, 5.41) is 2.15. The second kappa shape index (κ2) is 8.03. The van der Waals surface area contributed by atoms with Gasteiger partial charge in [0.15, 0.2) is 6.54 Å². The first-order valence-electron chi connectivity index (χ1n) is 10.1. The van der Waals surface area contributed by atoms with E-state index in [-0.39, 0.29) is 0 Å². The number of amides is 1. The summed E-state index contributed by atoms with van der Waals surface area (Å²) in [4.78, 5) is 20.3. The molecule has 0 bridgehead atoms. The minimum absolute atomic E-state index is 0.328. The fourth-order valence-corrected chi connectivity index (χ4v) is 5.46. The zero-order valence-corrected chi connectivity index (χ0v) is 17.2. The molecule has 1 aromatic heterocycles. The Morgan fingerprint density at radius 2 is 1.96 bits per heavy atom. The first-order valence-corrected chi connectivity index (χ1v) is 11.0. The van der Waals surface area contributed by atoms with Gasteiger partial charge in [0.05, 0.1) is 11.4 Å². The second-order valence-corrected chi connectivity index (χ2v) is 8.86. The average molecular weight is 385 g/mol. The van der Waals surface area contributed by atoms with Gasteiger partial charge >= 0.3 is 0 Å². The van der Waals surface area contributed by atoms with Crippen LogP contribution in [0.3, 0.4) is 0 Å². The van der Waals surface area contributed by atoms with E-state index in [4.69, 9.17) is 0 Å². The van der Waals surface area contributed by atoms with Gasteiger partial charge in [-0.05, 0) is 42.5 Å². The molecule has 3 heterocycles.